The summed E-state index contributed by atoms with van der Waals surface area (Å²) < 4.78 is 2.16. The van der Waals surface area contributed by atoms with Crippen LogP contribution in [-0.2, 0) is 0 Å². The van der Waals surface area contributed by atoms with Gasteiger partial charge in [0.2, 0.25) is 0 Å². The average Bonchev–Trinajstić information content (AvgIpc) is 3.31. The van der Waals surface area contributed by atoms with Gasteiger partial charge in [-0.05, 0) is 71.3 Å². The first-order chi connectivity index (χ1) is 18.2. The number of pyridine rings is 1. The standard InChI is InChI=1S/C32H17N5/c33-18-21-12-22(19-34)15-26(14-21)28-5-3-6-30-29-4-1-2-7-31(29)37(32(28)30)27-16-23(20-35)13-25(17-27)24-8-10-36-11-9-24/h1-17H. The maximum absolute atomic E-state index is 9.87. The normalized spacial score (nSPS) is 10.6. The van der Waals surface area contributed by atoms with Gasteiger partial charge in [-0.2, -0.15) is 15.8 Å². The second-order valence-corrected chi connectivity index (χ2v) is 8.69. The molecule has 0 saturated carbocycles. The molecule has 2 aromatic heterocycles. The first-order valence-electron chi connectivity index (χ1n) is 11.6. The first-order valence-corrected chi connectivity index (χ1v) is 11.6. The van der Waals surface area contributed by atoms with Crippen molar-refractivity contribution < 1.29 is 0 Å². The Morgan fingerprint density at radius 1 is 0.568 bits per heavy atom. The highest BCUT2D eigenvalue weighted by atomic mass is 15.0. The molecule has 6 aromatic rings. The summed E-state index contributed by atoms with van der Waals surface area (Å²) in [7, 11) is 0. The molecule has 0 spiro atoms. The Morgan fingerprint density at radius 3 is 1.95 bits per heavy atom. The van der Waals surface area contributed by atoms with Crippen LogP contribution in [0.5, 0.6) is 0 Å². The van der Waals surface area contributed by atoms with E-state index < -0.39 is 0 Å². The highest BCUT2D eigenvalue weighted by Crippen LogP contribution is 2.39. The SMILES string of the molecule is N#Cc1cc(C#N)cc(-c2cccc3c4ccccc4n(-c4cc(C#N)cc(-c5ccncc5)c4)c23)c1. The molecule has 0 aliphatic heterocycles. The molecule has 4 aromatic carbocycles. The Hall–Kier alpha value is -5.70. The highest BCUT2D eigenvalue weighted by molar-refractivity contribution is 6.13. The Labute approximate surface area is 213 Å². The van der Waals surface area contributed by atoms with E-state index in [0.29, 0.717) is 16.7 Å². The zero-order chi connectivity index (χ0) is 25.4. The van der Waals surface area contributed by atoms with Crippen LogP contribution in [0, 0.1) is 34.0 Å². The molecule has 6 rings (SSSR count). The van der Waals surface area contributed by atoms with Crippen molar-refractivity contribution in [3.8, 4) is 46.1 Å². The van der Waals surface area contributed by atoms with Gasteiger partial charge in [0.1, 0.15) is 0 Å². The van der Waals surface area contributed by atoms with Crippen LogP contribution in [0.1, 0.15) is 16.7 Å². The van der Waals surface area contributed by atoms with Crippen LogP contribution in [0.15, 0.2) is 103 Å². The third-order valence-corrected chi connectivity index (χ3v) is 6.52. The lowest BCUT2D eigenvalue weighted by molar-refractivity contribution is 1.18. The fraction of sp³-hybridized carbons (Fsp3) is 0. The Bertz CT molecular complexity index is 1930. The largest absolute Gasteiger partial charge is 0.309 e. The van der Waals surface area contributed by atoms with Crippen LogP contribution in [0.4, 0.5) is 0 Å². The minimum atomic E-state index is 0.431. The van der Waals surface area contributed by atoms with Crippen LogP contribution in [0.3, 0.4) is 0 Å². The molecule has 0 aliphatic carbocycles. The van der Waals surface area contributed by atoms with E-state index >= 15 is 0 Å². The van der Waals surface area contributed by atoms with Crippen LogP contribution in [0.25, 0.3) is 49.7 Å². The average molecular weight is 472 g/mol. The highest BCUT2D eigenvalue weighted by Gasteiger charge is 2.18. The predicted molar refractivity (Wildman–Crippen MR) is 144 cm³/mol. The van der Waals surface area contributed by atoms with Gasteiger partial charge >= 0.3 is 0 Å². The maximum atomic E-state index is 9.87. The molecule has 0 saturated heterocycles. The van der Waals surface area contributed by atoms with E-state index in [9.17, 15) is 15.8 Å². The molecule has 0 radical (unpaired) electrons. The minimum absolute atomic E-state index is 0.431. The van der Waals surface area contributed by atoms with Gasteiger partial charge in [0.15, 0.2) is 0 Å². The predicted octanol–water partition coefficient (Wildman–Crippen LogP) is 7.13. The lowest BCUT2D eigenvalue weighted by atomic mass is 9.98. The van der Waals surface area contributed by atoms with E-state index in [1.165, 1.54) is 0 Å². The summed E-state index contributed by atoms with van der Waals surface area (Å²) in [5.41, 5.74) is 7.77. The molecule has 0 amide bonds. The molecule has 2 heterocycles. The fourth-order valence-corrected chi connectivity index (χ4v) is 4.95. The van der Waals surface area contributed by atoms with Crippen molar-refractivity contribution in [1.82, 2.24) is 9.55 Å². The number of nitrogens with zero attached hydrogens (tertiary/aromatic N) is 5. The van der Waals surface area contributed by atoms with Gasteiger partial charge in [-0.3, -0.25) is 4.98 Å². The number of benzene rings is 4. The lowest BCUT2D eigenvalue weighted by Gasteiger charge is -2.14. The van der Waals surface area contributed by atoms with Gasteiger partial charge in [0, 0.05) is 34.4 Å². The summed E-state index contributed by atoms with van der Waals surface area (Å²) in [6.07, 6.45) is 3.48. The minimum Gasteiger partial charge on any atom is -0.309 e. The lowest BCUT2D eigenvalue weighted by Crippen LogP contribution is -1.98. The van der Waals surface area contributed by atoms with Crippen molar-refractivity contribution in [2.45, 2.75) is 0 Å². The Kier molecular flexibility index (Phi) is 5.20. The van der Waals surface area contributed by atoms with E-state index in [-0.39, 0.29) is 0 Å². The molecule has 0 unspecified atom stereocenters. The monoisotopic (exact) mass is 471 g/mol. The fourth-order valence-electron chi connectivity index (χ4n) is 4.95. The van der Waals surface area contributed by atoms with Gasteiger partial charge in [-0.15, -0.1) is 0 Å². The molecule has 0 fully saturated rings. The van der Waals surface area contributed by atoms with Crippen molar-refractivity contribution in [2.24, 2.45) is 0 Å². The number of rotatable bonds is 3. The summed E-state index contributed by atoms with van der Waals surface area (Å²) in [5, 5.41) is 31.2. The van der Waals surface area contributed by atoms with Crippen LogP contribution < -0.4 is 0 Å². The number of aromatic nitrogens is 2. The van der Waals surface area contributed by atoms with Gasteiger partial charge in [0.25, 0.3) is 0 Å². The van der Waals surface area contributed by atoms with E-state index in [4.69, 9.17) is 0 Å². The van der Waals surface area contributed by atoms with Gasteiger partial charge in [-0.1, -0.05) is 36.4 Å². The first kappa shape index (κ1) is 21.8. The van der Waals surface area contributed by atoms with Crippen LogP contribution in [-0.4, -0.2) is 9.55 Å². The number of nitriles is 3. The summed E-state index contributed by atoms with van der Waals surface area (Å²) in [4.78, 5) is 4.12. The Balaban J connectivity index is 1.74. The molecule has 0 atom stereocenters. The van der Waals surface area contributed by atoms with Crippen LogP contribution in [0.2, 0.25) is 0 Å². The number of hydrogen-bond acceptors (Lipinski definition) is 4. The van der Waals surface area contributed by atoms with Crippen molar-refractivity contribution in [2.75, 3.05) is 0 Å². The summed E-state index contributed by atoms with van der Waals surface area (Å²) in [6.45, 7) is 0. The molecular formula is C32H17N5. The van der Waals surface area contributed by atoms with Crippen molar-refractivity contribution in [3.63, 3.8) is 0 Å². The third-order valence-electron chi connectivity index (χ3n) is 6.52. The second kappa shape index (κ2) is 8.82. The zero-order valence-electron chi connectivity index (χ0n) is 19.6. The third kappa shape index (κ3) is 3.67. The smallest absolute Gasteiger partial charge is 0.0992 e. The quantitative estimate of drug-likeness (QED) is 0.275. The molecule has 37 heavy (non-hydrogen) atoms. The summed E-state index contributed by atoms with van der Waals surface area (Å²) in [6, 6.07) is 35.8. The van der Waals surface area contributed by atoms with E-state index in [2.05, 4.69) is 52.0 Å². The molecule has 0 aliphatic rings. The summed E-state index contributed by atoms with van der Waals surface area (Å²) in [5.74, 6) is 0. The van der Waals surface area contributed by atoms with Crippen molar-refractivity contribution in [3.05, 3.63) is 120 Å². The van der Waals surface area contributed by atoms with Crippen molar-refractivity contribution in [1.29, 1.82) is 15.8 Å². The van der Waals surface area contributed by atoms with Gasteiger partial charge in [0.05, 0.1) is 45.9 Å². The van der Waals surface area contributed by atoms with E-state index in [0.717, 1.165) is 49.7 Å². The topological polar surface area (TPSA) is 89.2 Å². The molecule has 5 nitrogen and oxygen atoms in total. The molecular weight excluding hydrogens is 454 g/mol. The zero-order valence-corrected chi connectivity index (χ0v) is 19.6. The summed E-state index contributed by atoms with van der Waals surface area (Å²) >= 11 is 0. The van der Waals surface area contributed by atoms with E-state index in [1.54, 1.807) is 18.5 Å². The van der Waals surface area contributed by atoms with Gasteiger partial charge in [-0.25, -0.2) is 0 Å². The molecule has 0 bridgehead atoms. The van der Waals surface area contributed by atoms with Crippen LogP contribution >= 0.6 is 0 Å². The van der Waals surface area contributed by atoms with Crippen molar-refractivity contribution >= 4 is 21.8 Å². The second-order valence-electron chi connectivity index (χ2n) is 8.69. The number of fused-ring (bicyclic) bond motifs is 3. The Morgan fingerprint density at radius 2 is 1.22 bits per heavy atom. The molecule has 170 valence electrons. The maximum Gasteiger partial charge on any atom is 0.0992 e. The molecule has 5 heteroatoms. The number of para-hydroxylation sites is 2. The molecule has 0 N–H and O–H groups in total. The number of hydrogen-bond donors (Lipinski definition) is 0. The van der Waals surface area contributed by atoms with Gasteiger partial charge < -0.3 is 4.57 Å². The van der Waals surface area contributed by atoms with E-state index in [1.807, 2.05) is 60.7 Å².